The van der Waals surface area contributed by atoms with E-state index in [1.54, 1.807) is 17.0 Å². The smallest absolute Gasteiger partial charge is 0.394 e. The molecule has 1 unspecified atom stereocenters. The Kier molecular flexibility index (Phi) is 5.97. The summed E-state index contributed by atoms with van der Waals surface area (Å²) < 4.78 is 48.6. The number of morpholine rings is 1. The highest BCUT2D eigenvalue weighted by Crippen LogP contribution is 2.36. The zero-order valence-corrected chi connectivity index (χ0v) is 17.4. The summed E-state index contributed by atoms with van der Waals surface area (Å²) in [5, 5.41) is 9.63. The summed E-state index contributed by atoms with van der Waals surface area (Å²) in [4.78, 5) is 20.7. The quantitative estimate of drug-likeness (QED) is 0.749. The number of aliphatic hydroxyl groups is 1. The Bertz CT molecular complexity index is 967. The van der Waals surface area contributed by atoms with Gasteiger partial charge in [0, 0.05) is 24.0 Å². The van der Waals surface area contributed by atoms with E-state index in [0.717, 1.165) is 4.90 Å². The van der Waals surface area contributed by atoms with Gasteiger partial charge in [-0.15, -0.1) is 11.3 Å². The second-order valence-electron chi connectivity index (χ2n) is 7.19. The molecule has 4 heterocycles. The molecule has 1 N–H and O–H groups in total. The van der Waals surface area contributed by atoms with Gasteiger partial charge in [-0.05, 0) is 18.6 Å². The number of ether oxygens (including phenoxy) is 1. The van der Waals surface area contributed by atoms with Crippen LogP contribution in [0.4, 0.5) is 24.9 Å². The van der Waals surface area contributed by atoms with Crippen LogP contribution in [0.1, 0.15) is 11.3 Å². The number of nitrogens with zero attached hydrogens (tertiary/aromatic N) is 4. The van der Waals surface area contributed by atoms with Crippen LogP contribution in [0.2, 0.25) is 4.34 Å². The summed E-state index contributed by atoms with van der Waals surface area (Å²) in [6.45, 7) is 0.648. The molecule has 0 bridgehead atoms. The number of fused-ring (bicyclic) bond motifs is 1. The van der Waals surface area contributed by atoms with Gasteiger partial charge in [0.2, 0.25) is 5.95 Å². The van der Waals surface area contributed by atoms with E-state index in [1.165, 1.54) is 22.0 Å². The third-order valence-corrected chi connectivity index (χ3v) is 6.52. The van der Waals surface area contributed by atoms with Crippen molar-refractivity contribution in [3.8, 4) is 0 Å². The first kappa shape index (κ1) is 21.4. The predicted octanol–water partition coefficient (Wildman–Crippen LogP) is 2.50. The molecule has 0 spiro atoms. The molecule has 30 heavy (non-hydrogen) atoms. The van der Waals surface area contributed by atoms with E-state index < -0.39 is 23.8 Å². The van der Waals surface area contributed by atoms with E-state index in [4.69, 9.17) is 16.3 Å². The molecule has 1 saturated heterocycles. The molecule has 164 valence electrons. The standard InChI is InChI=1S/C18H20ClF3N4O3S/c19-14-2-1-12(30-14)8-26-13(18(20,21)22)3-4-25-16(28)7-15(23-17(25)26)24-5-6-29-10-11(24)9-27/h1-2,7,11,13,27H,3-6,8-10H2/t11?,13-/m0/s1. The van der Waals surface area contributed by atoms with Crippen molar-refractivity contribution in [2.24, 2.45) is 0 Å². The molecule has 2 atom stereocenters. The lowest BCUT2D eigenvalue weighted by Gasteiger charge is -2.40. The third kappa shape index (κ3) is 4.16. The Balaban J connectivity index is 1.78. The third-order valence-electron chi connectivity index (χ3n) is 5.30. The number of rotatable bonds is 4. The van der Waals surface area contributed by atoms with Crippen molar-refractivity contribution in [2.75, 3.05) is 36.2 Å². The van der Waals surface area contributed by atoms with Crippen molar-refractivity contribution in [1.29, 1.82) is 0 Å². The summed E-state index contributed by atoms with van der Waals surface area (Å²) in [6.07, 6.45) is -4.72. The summed E-state index contributed by atoms with van der Waals surface area (Å²) in [7, 11) is 0. The number of anilines is 2. The minimum absolute atomic E-state index is 0.0289. The van der Waals surface area contributed by atoms with Crippen LogP contribution < -0.4 is 15.4 Å². The highest BCUT2D eigenvalue weighted by molar-refractivity contribution is 7.16. The highest BCUT2D eigenvalue weighted by atomic mass is 35.5. The summed E-state index contributed by atoms with van der Waals surface area (Å²) in [6, 6.07) is 2.43. The second kappa shape index (κ2) is 8.37. The van der Waals surface area contributed by atoms with E-state index in [1.807, 2.05) is 0 Å². The molecule has 7 nitrogen and oxygen atoms in total. The van der Waals surface area contributed by atoms with E-state index in [0.29, 0.717) is 22.4 Å². The van der Waals surface area contributed by atoms with Crippen LogP contribution in [-0.4, -0.2) is 59.3 Å². The molecule has 2 aromatic rings. The maximum absolute atomic E-state index is 13.8. The molecular formula is C18H20ClF3N4O3S. The molecule has 4 rings (SSSR count). The van der Waals surface area contributed by atoms with E-state index in [9.17, 15) is 23.1 Å². The maximum Gasteiger partial charge on any atom is 0.408 e. The molecule has 12 heteroatoms. The first-order chi connectivity index (χ1) is 14.3. The van der Waals surface area contributed by atoms with Crippen molar-refractivity contribution in [2.45, 2.75) is 37.8 Å². The number of thiophene rings is 1. The van der Waals surface area contributed by atoms with Crippen LogP contribution in [0, 0.1) is 0 Å². The Morgan fingerprint density at radius 2 is 2.13 bits per heavy atom. The molecule has 0 amide bonds. The highest BCUT2D eigenvalue weighted by Gasteiger charge is 2.47. The zero-order chi connectivity index (χ0) is 21.5. The lowest BCUT2D eigenvalue weighted by molar-refractivity contribution is -0.153. The van der Waals surface area contributed by atoms with Gasteiger partial charge in [0.25, 0.3) is 5.56 Å². The van der Waals surface area contributed by atoms with E-state index in [-0.39, 0.29) is 44.5 Å². The van der Waals surface area contributed by atoms with E-state index in [2.05, 4.69) is 4.98 Å². The van der Waals surface area contributed by atoms with Gasteiger partial charge in [-0.2, -0.15) is 18.2 Å². The summed E-state index contributed by atoms with van der Waals surface area (Å²) >= 11 is 7.14. The number of aromatic nitrogens is 2. The fraction of sp³-hybridized carbons (Fsp3) is 0.556. The normalized spacial score (nSPS) is 22.3. The van der Waals surface area contributed by atoms with Crippen LogP contribution in [-0.2, 0) is 17.8 Å². The molecule has 2 aliphatic rings. The molecule has 2 aliphatic heterocycles. The van der Waals surface area contributed by atoms with Crippen molar-refractivity contribution < 1.29 is 23.0 Å². The molecule has 1 fully saturated rings. The minimum atomic E-state index is -4.48. The Morgan fingerprint density at radius 3 is 2.80 bits per heavy atom. The van der Waals surface area contributed by atoms with Gasteiger partial charge in [0.05, 0.1) is 36.7 Å². The number of aliphatic hydroxyl groups excluding tert-OH is 1. The van der Waals surface area contributed by atoms with Gasteiger partial charge < -0.3 is 19.6 Å². The molecule has 0 aromatic carbocycles. The van der Waals surface area contributed by atoms with Gasteiger partial charge >= 0.3 is 6.18 Å². The monoisotopic (exact) mass is 464 g/mol. The molecule has 2 aromatic heterocycles. The minimum Gasteiger partial charge on any atom is -0.394 e. The van der Waals surface area contributed by atoms with Crippen LogP contribution in [0.25, 0.3) is 0 Å². The van der Waals surface area contributed by atoms with Crippen LogP contribution >= 0.6 is 22.9 Å². The Morgan fingerprint density at radius 1 is 1.33 bits per heavy atom. The van der Waals surface area contributed by atoms with Crippen molar-refractivity contribution >= 4 is 34.7 Å². The fourth-order valence-corrected chi connectivity index (χ4v) is 4.93. The average Bonchev–Trinajstić information content (AvgIpc) is 3.12. The molecule has 0 aliphatic carbocycles. The predicted molar refractivity (Wildman–Crippen MR) is 108 cm³/mol. The SMILES string of the molecule is O=c1cc(N2CCOCC2CO)nc2n1CC[C@@H](C(F)(F)F)N2Cc1ccc(Cl)s1. The summed E-state index contributed by atoms with van der Waals surface area (Å²) in [5.74, 6) is 0.212. The average molecular weight is 465 g/mol. The first-order valence-electron chi connectivity index (χ1n) is 9.42. The number of hydrogen-bond donors (Lipinski definition) is 1. The topological polar surface area (TPSA) is 70.8 Å². The van der Waals surface area contributed by atoms with Gasteiger partial charge in [-0.1, -0.05) is 11.6 Å². The van der Waals surface area contributed by atoms with Gasteiger partial charge in [0.15, 0.2) is 0 Å². The van der Waals surface area contributed by atoms with Crippen molar-refractivity contribution in [1.82, 2.24) is 9.55 Å². The lowest BCUT2D eigenvalue weighted by atomic mass is 10.1. The largest absolute Gasteiger partial charge is 0.408 e. The molecular weight excluding hydrogens is 445 g/mol. The number of hydrogen-bond acceptors (Lipinski definition) is 7. The number of halogens is 4. The van der Waals surface area contributed by atoms with Crippen LogP contribution in [0.15, 0.2) is 23.0 Å². The van der Waals surface area contributed by atoms with Crippen molar-refractivity contribution in [3.63, 3.8) is 0 Å². The van der Waals surface area contributed by atoms with Crippen molar-refractivity contribution in [3.05, 3.63) is 37.8 Å². The van der Waals surface area contributed by atoms with Crippen LogP contribution in [0.3, 0.4) is 0 Å². The number of alkyl halides is 3. The second-order valence-corrected chi connectivity index (χ2v) is 8.99. The maximum atomic E-state index is 13.8. The molecule has 0 saturated carbocycles. The Hall–Kier alpha value is -1.82. The van der Waals surface area contributed by atoms with Gasteiger partial charge in [0.1, 0.15) is 11.9 Å². The first-order valence-corrected chi connectivity index (χ1v) is 10.6. The Labute approximate surface area is 179 Å². The lowest BCUT2D eigenvalue weighted by Crippen LogP contribution is -2.53. The van der Waals surface area contributed by atoms with Crippen LogP contribution in [0.5, 0.6) is 0 Å². The zero-order valence-electron chi connectivity index (χ0n) is 15.8. The van der Waals surface area contributed by atoms with Gasteiger partial charge in [-0.25, -0.2) is 0 Å². The fourth-order valence-electron chi connectivity index (χ4n) is 3.84. The van der Waals surface area contributed by atoms with E-state index >= 15 is 0 Å². The summed E-state index contributed by atoms with van der Waals surface area (Å²) in [5.41, 5.74) is -0.423. The van der Waals surface area contributed by atoms with Gasteiger partial charge in [-0.3, -0.25) is 9.36 Å². The molecule has 0 radical (unpaired) electrons.